The highest BCUT2D eigenvalue weighted by molar-refractivity contribution is 8.00. The number of imide groups is 1. The fourth-order valence-corrected chi connectivity index (χ4v) is 8.63. The summed E-state index contributed by atoms with van der Waals surface area (Å²) in [5, 5.41) is 2.46. The number of thioether (sulfide) groups is 1. The monoisotopic (exact) mass is 685 g/mol. The molecule has 230 valence electrons. The Bertz CT molecular complexity index is 1910. The van der Waals surface area contributed by atoms with Crippen molar-refractivity contribution in [3.05, 3.63) is 108 Å². The fraction of sp³-hybridized carbons (Fsp3) is 0.194. The van der Waals surface area contributed by atoms with E-state index in [2.05, 4.69) is 5.32 Å². The Hall–Kier alpha value is -3.97. The van der Waals surface area contributed by atoms with Crippen LogP contribution in [0.25, 0.3) is 0 Å². The summed E-state index contributed by atoms with van der Waals surface area (Å²) in [6.45, 7) is 1.50. The molecule has 1 saturated heterocycles. The summed E-state index contributed by atoms with van der Waals surface area (Å²) < 4.78 is 19.6. The Morgan fingerprint density at radius 2 is 1.69 bits per heavy atom. The lowest BCUT2D eigenvalue weighted by Gasteiger charge is -2.31. The second kappa shape index (κ2) is 12.4. The summed E-state index contributed by atoms with van der Waals surface area (Å²) in [4.78, 5) is 67.6. The summed E-state index contributed by atoms with van der Waals surface area (Å²) in [5.74, 6) is -4.34. The second-order valence-corrected chi connectivity index (χ2v) is 13.1. The van der Waals surface area contributed by atoms with Crippen LogP contribution in [-0.2, 0) is 25.7 Å². The van der Waals surface area contributed by atoms with E-state index in [1.165, 1.54) is 53.1 Å². The first-order chi connectivity index (χ1) is 21.6. The SMILES string of the molecule is CCOC(=O)c1ccc(N2C(=O)[C@H]3[C@H](c4cccc(Cl)c4Cl)c4sc(=O)n(CC(=O)Nc5ccc(F)cc5)c4S[C@H]3C2=O)cc1. The summed E-state index contributed by atoms with van der Waals surface area (Å²) in [6.07, 6.45) is 0. The van der Waals surface area contributed by atoms with E-state index in [1.807, 2.05) is 0 Å². The predicted octanol–water partition coefficient (Wildman–Crippen LogP) is 5.97. The van der Waals surface area contributed by atoms with E-state index in [0.29, 0.717) is 21.2 Å². The number of hydrogen-bond acceptors (Lipinski definition) is 8. The Labute approximate surface area is 273 Å². The molecule has 3 amide bonds. The van der Waals surface area contributed by atoms with E-state index in [1.54, 1.807) is 25.1 Å². The highest BCUT2D eigenvalue weighted by atomic mass is 35.5. The number of aromatic nitrogens is 1. The molecular weight excluding hydrogens is 664 g/mol. The van der Waals surface area contributed by atoms with Crippen LogP contribution in [0, 0.1) is 11.7 Å². The van der Waals surface area contributed by atoms with Crippen molar-refractivity contribution in [1.29, 1.82) is 0 Å². The number of amides is 3. The Kier molecular flexibility index (Phi) is 8.57. The van der Waals surface area contributed by atoms with E-state index in [0.717, 1.165) is 28.0 Å². The number of thiazole rings is 1. The maximum Gasteiger partial charge on any atom is 0.338 e. The first-order valence-corrected chi connectivity index (χ1v) is 16.1. The molecule has 1 N–H and O–H groups in total. The number of esters is 1. The zero-order chi connectivity index (χ0) is 32.0. The standard InChI is InChI=1S/C31H22Cl2FN3O6S2/c1-2-43-30(41)15-6-12-18(13-7-15)37-27(39)23-22(19-4-3-5-20(32)24(19)33)26-29(44-25(23)28(37)40)36(31(42)45-26)14-21(38)35-17-10-8-16(34)9-11-17/h3-13,22-23,25H,2,14H2,1H3,(H,35,38)/t22-,23-,25+/m0/s1. The second-order valence-electron chi connectivity index (χ2n) is 10.1. The molecule has 3 aromatic carbocycles. The molecule has 3 heterocycles. The minimum absolute atomic E-state index is 0.180. The summed E-state index contributed by atoms with van der Waals surface area (Å²) in [7, 11) is 0. The zero-order valence-electron chi connectivity index (χ0n) is 23.3. The van der Waals surface area contributed by atoms with Crippen LogP contribution in [0.5, 0.6) is 0 Å². The molecule has 0 bridgehead atoms. The number of rotatable bonds is 7. The lowest BCUT2D eigenvalue weighted by Crippen LogP contribution is -2.33. The van der Waals surface area contributed by atoms with Gasteiger partial charge in [0.25, 0.3) is 0 Å². The molecule has 0 spiro atoms. The number of fused-ring (bicyclic) bond motifs is 2. The summed E-state index contributed by atoms with van der Waals surface area (Å²) >= 11 is 14.9. The third-order valence-electron chi connectivity index (χ3n) is 7.43. The highest BCUT2D eigenvalue weighted by Gasteiger charge is 2.57. The summed E-state index contributed by atoms with van der Waals surface area (Å²) in [6, 6.07) is 16.1. The van der Waals surface area contributed by atoms with Gasteiger partial charge in [0.05, 0.1) is 38.8 Å². The molecule has 1 aromatic heterocycles. The minimum Gasteiger partial charge on any atom is -0.462 e. The number of nitrogens with one attached hydrogen (secondary N) is 1. The molecule has 0 radical (unpaired) electrons. The van der Waals surface area contributed by atoms with Gasteiger partial charge >= 0.3 is 10.8 Å². The minimum atomic E-state index is -0.963. The first-order valence-electron chi connectivity index (χ1n) is 13.6. The number of nitrogens with zero attached hydrogens (tertiary/aromatic N) is 2. The summed E-state index contributed by atoms with van der Waals surface area (Å²) in [5.41, 5.74) is 1.34. The number of carbonyl (C=O) groups excluding carboxylic acids is 4. The van der Waals surface area contributed by atoms with Gasteiger partial charge in [0.2, 0.25) is 17.7 Å². The van der Waals surface area contributed by atoms with Crippen LogP contribution in [0.1, 0.15) is 33.6 Å². The van der Waals surface area contributed by atoms with Crippen LogP contribution in [0.3, 0.4) is 0 Å². The molecule has 2 aliphatic rings. The van der Waals surface area contributed by atoms with Crippen LogP contribution in [0.4, 0.5) is 15.8 Å². The molecule has 3 atom stereocenters. The van der Waals surface area contributed by atoms with Crippen molar-refractivity contribution in [1.82, 2.24) is 4.57 Å². The molecule has 45 heavy (non-hydrogen) atoms. The van der Waals surface area contributed by atoms with Crippen molar-refractivity contribution in [2.45, 2.75) is 29.7 Å². The quantitative estimate of drug-likeness (QED) is 0.188. The van der Waals surface area contributed by atoms with Gasteiger partial charge in [-0.15, -0.1) is 0 Å². The van der Waals surface area contributed by atoms with Gasteiger partial charge in [0, 0.05) is 16.5 Å². The zero-order valence-corrected chi connectivity index (χ0v) is 26.4. The fourth-order valence-electron chi connectivity index (χ4n) is 5.44. The highest BCUT2D eigenvalue weighted by Crippen LogP contribution is 2.55. The lowest BCUT2D eigenvalue weighted by atomic mass is 9.83. The van der Waals surface area contributed by atoms with E-state index < -0.39 is 51.5 Å². The molecule has 0 aliphatic carbocycles. The maximum absolute atomic E-state index is 14.1. The third-order valence-corrected chi connectivity index (χ3v) is 10.9. The predicted molar refractivity (Wildman–Crippen MR) is 170 cm³/mol. The molecular formula is C31H22Cl2FN3O6S2. The van der Waals surface area contributed by atoms with Crippen molar-refractivity contribution in [3.8, 4) is 0 Å². The lowest BCUT2D eigenvalue weighted by molar-refractivity contribution is -0.122. The van der Waals surface area contributed by atoms with Crippen LogP contribution < -0.4 is 15.1 Å². The van der Waals surface area contributed by atoms with Crippen LogP contribution in [-0.4, -0.2) is 40.1 Å². The topological polar surface area (TPSA) is 115 Å². The van der Waals surface area contributed by atoms with Gasteiger partial charge in [-0.05, 0) is 67.1 Å². The van der Waals surface area contributed by atoms with Gasteiger partial charge in [-0.2, -0.15) is 0 Å². The average molecular weight is 687 g/mol. The number of ether oxygens (including phenoxy) is 1. The van der Waals surface area contributed by atoms with E-state index >= 15 is 0 Å². The van der Waals surface area contributed by atoms with Crippen molar-refractivity contribution >= 4 is 81.4 Å². The first kappa shape index (κ1) is 31.0. The largest absolute Gasteiger partial charge is 0.462 e. The average Bonchev–Trinajstić information content (AvgIpc) is 3.46. The Balaban J connectivity index is 1.39. The molecule has 1 fully saturated rings. The number of anilines is 2. The van der Waals surface area contributed by atoms with E-state index in [9.17, 15) is 28.4 Å². The van der Waals surface area contributed by atoms with Crippen molar-refractivity contribution in [2.75, 3.05) is 16.8 Å². The Morgan fingerprint density at radius 3 is 2.38 bits per heavy atom. The molecule has 0 saturated carbocycles. The van der Waals surface area contributed by atoms with Gasteiger partial charge in [-0.25, -0.2) is 14.1 Å². The van der Waals surface area contributed by atoms with Crippen LogP contribution in [0.2, 0.25) is 10.0 Å². The van der Waals surface area contributed by atoms with Gasteiger partial charge in [0.1, 0.15) is 17.6 Å². The Morgan fingerprint density at radius 1 is 0.978 bits per heavy atom. The van der Waals surface area contributed by atoms with Crippen LogP contribution in [0.15, 0.2) is 76.6 Å². The maximum atomic E-state index is 14.1. The van der Waals surface area contributed by atoms with Crippen LogP contribution >= 0.6 is 46.3 Å². The number of carbonyl (C=O) groups is 4. The number of halogens is 3. The van der Waals surface area contributed by atoms with Crippen molar-refractivity contribution in [3.63, 3.8) is 0 Å². The van der Waals surface area contributed by atoms with E-state index in [-0.39, 0.29) is 34.4 Å². The molecule has 6 rings (SSSR count). The van der Waals surface area contributed by atoms with Gasteiger partial charge < -0.3 is 10.1 Å². The van der Waals surface area contributed by atoms with Crippen molar-refractivity contribution in [2.24, 2.45) is 5.92 Å². The van der Waals surface area contributed by atoms with Gasteiger partial charge in [0.15, 0.2) is 0 Å². The van der Waals surface area contributed by atoms with Crippen molar-refractivity contribution < 1.29 is 28.3 Å². The van der Waals surface area contributed by atoms with Gasteiger partial charge in [-0.3, -0.25) is 23.7 Å². The number of hydrogen-bond donors (Lipinski definition) is 1. The molecule has 14 heteroatoms. The smallest absolute Gasteiger partial charge is 0.338 e. The van der Waals surface area contributed by atoms with E-state index in [4.69, 9.17) is 27.9 Å². The molecule has 4 aromatic rings. The number of benzene rings is 3. The molecule has 0 unspecified atom stereocenters. The molecule has 2 aliphatic heterocycles. The normalized spacial score (nSPS) is 18.8. The third kappa shape index (κ3) is 5.67. The molecule has 9 nitrogen and oxygen atoms in total. The van der Waals surface area contributed by atoms with Gasteiger partial charge in [-0.1, -0.05) is 58.4 Å².